The fourth-order valence-electron chi connectivity index (χ4n) is 1.95. The summed E-state index contributed by atoms with van der Waals surface area (Å²) in [4.78, 5) is 13.9. The van der Waals surface area contributed by atoms with Crippen LogP contribution in [-0.4, -0.2) is 30.1 Å². The fraction of sp³-hybridized carbons (Fsp3) is 0.533. The first-order valence-electron chi connectivity index (χ1n) is 6.87. The van der Waals surface area contributed by atoms with E-state index in [2.05, 4.69) is 21.2 Å². The number of halogens is 1. The summed E-state index contributed by atoms with van der Waals surface area (Å²) in [5.74, 6) is 0.00773. The van der Waals surface area contributed by atoms with Gasteiger partial charge in [0, 0.05) is 17.1 Å². The van der Waals surface area contributed by atoms with Crippen LogP contribution in [0.4, 0.5) is 5.69 Å². The molecule has 1 aromatic carbocycles. The molecule has 0 aliphatic rings. The average molecular weight is 343 g/mol. The van der Waals surface area contributed by atoms with Crippen molar-refractivity contribution in [3.63, 3.8) is 0 Å². The monoisotopic (exact) mass is 342 g/mol. The summed E-state index contributed by atoms with van der Waals surface area (Å²) in [5.41, 5.74) is 1.80. The van der Waals surface area contributed by atoms with E-state index in [0.717, 1.165) is 22.3 Å². The molecular weight excluding hydrogens is 320 g/mol. The molecule has 0 aromatic heterocycles. The van der Waals surface area contributed by atoms with Gasteiger partial charge in [-0.05, 0) is 61.3 Å². The molecule has 0 aliphatic heterocycles. The van der Waals surface area contributed by atoms with E-state index in [4.69, 9.17) is 0 Å². The van der Waals surface area contributed by atoms with Crippen molar-refractivity contribution in [1.29, 1.82) is 0 Å². The third-order valence-corrected chi connectivity index (χ3v) is 3.60. The van der Waals surface area contributed by atoms with Gasteiger partial charge in [0.25, 0.3) is 0 Å². The molecule has 1 amide bonds. The van der Waals surface area contributed by atoms with E-state index in [9.17, 15) is 9.90 Å². The molecule has 0 saturated carbocycles. The fourth-order valence-corrected chi connectivity index (χ4v) is 2.60. The summed E-state index contributed by atoms with van der Waals surface area (Å²) in [6.07, 6.45) is -0.500. The van der Waals surface area contributed by atoms with Crippen LogP contribution in [0.15, 0.2) is 22.7 Å². The van der Waals surface area contributed by atoms with Gasteiger partial charge in [-0.15, -0.1) is 0 Å². The number of rotatable bonds is 6. The highest BCUT2D eigenvalue weighted by atomic mass is 79.9. The lowest BCUT2D eigenvalue weighted by Crippen LogP contribution is -2.40. The Labute approximate surface area is 129 Å². The summed E-state index contributed by atoms with van der Waals surface area (Å²) in [6, 6.07) is 5.84. The minimum absolute atomic E-state index is 0.00773. The molecule has 1 atom stereocenters. The van der Waals surface area contributed by atoms with Crippen LogP contribution in [0.5, 0.6) is 0 Å². The Balaban J connectivity index is 2.87. The Morgan fingerprint density at radius 3 is 2.50 bits per heavy atom. The van der Waals surface area contributed by atoms with E-state index in [1.807, 2.05) is 43.9 Å². The Bertz CT molecular complexity index is 461. The van der Waals surface area contributed by atoms with Gasteiger partial charge in [0.15, 0.2) is 0 Å². The quantitative estimate of drug-likeness (QED) is 0.835. The molecule has 1 aromatic rings. The zero-order valence-electron chi connectivity index (χ0n) is 12.5. The zero-order valence-corrected chi connectivity index (χ0v) is 14.1. The number of anilines is 1. The number of carbonyl (C=O) groups is 1. The van der Waals surface area contributed by atoms with Crippen molar-refractivity contribution in [3.8, 4) is 0 Å². The highest BCUT2D eigenvalue weighted by Gasteiger charge is 2.14. The number of amides is 1. The number of carbonyl (C=O) groups excluding carboxylic acids is 1. The van der Waals surface area contributed by atoms with Crippen molar-refractivity contribution >= 4 is 27.5 Å². The van der Waals surface area contributed by atoms with Gasteiger partial charge in [0.05, 0.1) is 18.3 Å². The molecule has 2 N–H and O–H groups in total. The third kappa shape index (κ3) is 4.80. The molecule has 5 heteroatoms. The summed E-state index contributed by atoms with van der Waals surface area (Å²) in [6.45, 7) is 8.69. The predicted molar refractivity (Wildman–Crippen MR) is 85.9 cm³/mol. The maximum Gasteiger partial charge on any atom is 0.239 e. The minimum Gasteiger partial charge on any atom is -0.389 e. The Kier molecular flexibility index (Phi) is 6.49. The number of nitrogens with zero attached hydrogens (tertiary/aromatic N) is 1. The maximum absolute atomic E-state index is 11.9. The first-order valence-corrected chi connectivity index (χ1v) is 7.66. The highest BCUT2D eigenvalue weighted by Crippen LogP contribution is 2.29. The summed E-state index contributed by atoms with van der Waals surface area (Å²) in [5, 5.41) is 12.5. The largest absolute Gasteiger partial charge is 0.389 e. The van der Waals surface area contributed by atoms with Crippen LogP contribution in [0.1, 0.15) is 39.4 Å². The molecule has 0 heterocycles. The summed E-state index contributed by atoms with van der Waals surface area (Å²) < 4.78 is 0.884. The molecule has 0 radical (unpaired) electrons. The van der Waals surface area contributed by atoms with Crippen LogP contribution in [0, 0.1) is 0 Å². The molecule has 20 heavy (non-hydrogen) atoms. The van der Waals surface area contributed by atoms with Gasteiger partial charge in [0.1, 0.15) is 0 Å². The van der Waals surface area contributed by atoms with Crippen molar-refractivity contribution < 1.29 is 9.90 Å². The van der Waals surface area contributed by atoms with E-state index in [-0.39, 0.29) is 11.9 Å². The van der Waals surface area contributed by atoms with E-state index in [0.29, 0.717) is 6.54 Å². The topological polar surface area (TPSA) is 52.6 Å². The summed E-state index contributed by atoms with van der Waals surface area (Å²) in [7, 11) is 0. The molecule has 0 aliphatic carbocycles. The first kappa shape index (κ1) is 17.0. The zero-order chi connectivity index (χ0) is 15.3. The molecule has 0 unspecified atom stereocenters. The maximum atomic E-state index is 11.9. The molecule has 0 bridgehead atoms. The number of benzene rings is 1. The average Bonchev–Trinajstić information content (AvgIpc) is 2.35. The van der Waals surface area contributed by atoms with Crippen molar-refractivity contribution in [3.05, 3.63) is 28.2 Å². The number of nitrogens with one attached hydrogen (secondary N) is 1. The van der Waals surface area contributed by atoms with Crippen molar-refractivity contribution in [1.82, 2.24) is 5.32 Å². The standard InChI is InChI=1S/C15H23BrN2O2/c1-5-18(9-15(20)17-10(2)3)14-7-6-12(11(4)19)8-13(14)16/h6-8,10-11,19H,5,9H2,1-4H3,(H,17,20)/t11-/m1/s1. The second-order valence-electron chi connectivity index (χ2n) is 5.12. The smallest absolute Gasteiger partial charge is 0.239 e. The number of aliphatic hydroxyl groups excluding tert-OH is 1. The Morgan fingerprint density at radius 2 is 2.05 bits per heavy atom. The second-order valence-corrected chi connectivity index (χ2v) is 5.98. The van der Waals surface area contributed by atoms with Crippen LogP contribution in [0.3, 0.4) is 0 Å². The number of hydrogen-bond acceptors (Lipinski definition) is 3. The van der Waals surface area contributed by atoms with Crippen molar-refractivity contribution in [2.75, 3.05) is 18.0 Å². The van der Waals surface area contributed by atoms with Crippen molar-refractivity contribution in [2.24, 2.45) is 0 Å². The lowest BCUT2D eigenvalue weighted by Gasteiger charge is -2.25. The number of hydrogen-bond donors (Lipinski definition) is 2. The van der Waals surface area contributed by atoms with Crippen LogP contribution in [0.2, 0.25) is 0 Å². The van der Waals surface area contributed by atoms with Crippen LogP contribution >= 0.6 is 15.9 Å². The van der Waals surface area contributed by atoms with Crippen molar-refractivity contribution in [2.45, 2.75) is 39.8 Å². The van der Waals surface area contributed by atoms with Gasteiger partial charge >= 0.3 is 0 Å². The van der Waals surface area contributed by atoms with Gasteiger partial charge < -0.3 is 15.3 Å². The van der Waals surface area contributed by atoms with Crippen LogP contribution < -0.4 is 10.2 Å². The molecular formula is C15H23BrN2O2. The Morgan fingerprint density at radius 1 is 1.40 bits per heavy atom. The molecule has 0 saturated heterocycles. The molecule has 1 rings (SSSR count). The van der Waals surface area contributed by atoms with Gasteiger partial charge in [-0.3, -0.25) is 4.79 Å². The molecule has 4 nitrogen and oxygen atoms in total. The molecule has 112 valence electrons. The molecule has 0 spiro atoms. The number of likely N-dealkylation sites (N-methyl/N-ethyl adjacent to an activating group) is 1. The van der Waals surface area contributed by atoms with E-state index < -0.39 is 6.10 Å². The Hall–Kier alpha value is -1.07. The van der Waals surface area contributed by atoms with Gasteiger partial charge in [-0.2, -0.15) is 0 Å². The minimum atomic E-state index is -0.500. The van der Waals surface area contributed by atoms with E-state index in [1.54, 1.807) is 6.92 Å². The van der Waals surface area contributed by atoms with E-state index >= 15 is 0 Å². The predicted octanol–water partition coefficient (Wildman–Crippen LogP) is 2.85. The normalized spacial score (nSPS) is 12.3. The lowest BCUT2D eigenvalue weighted by atomic mass is 10.1. The van der Waals surface area contributed by atoms with Crippen LogP contribution in [-0.2, 0) is 4.79 Å². The summed E-state index contributed by atoms with van der Waals surface area (Å²) >= 11 is 3.51. The van der Waals surface area contributed by atoms with Gasteiger partial charge in [-0.1, -0.05) is 6.07 Å². The first-order chi connectivity index (χ1) is 9.35. The van der Waals surface area contributed by atoms with Gasteiger partial charge in [0.2, 0.25) is 5.91 Å². The third-order valence-electron chi connectivity index (χ3n) is 2.96. The SMILES string of the molecule is CCN(CC(=O)NC(C)C)c1ccc([C@@H](C)O)cc1Br. The van der Waals surface area contributed by atoms with E-state index in [1.165, 1.54) is 0 Å². The molecule has 0 fully saturated rings. The second kappa shape index (κ2) is 7.64. The van der Waals surface area contributed by atoms with Crippen LogP contribution in [0.25, 0.3) is 0 Å². The highest BCUT2D eigenvalue weighted by molar-refractivity contribution is 9.10. The lowest BCUT2D eigenvalue weighted by molar-refractivity contribution is -0.120. The number of aliphatic hydroxyl groups is 1. The van der Waals surface area contributed by atoms with Gasteiger partial charge in [-0.25, -0.2) is 0 Å².